The number of nitrogens with one attached hydrogen (secondary N) is 1. The Balaban J connectivity index is 2.17. The van der Waals surface area contributed by atoms with Crippen LogP contribution in [0.3, 0.4) is 0 Å². The molecule has 0 bridgehead atoms. The van der Waals surface area contributed by atoms with Gasteiger partial charge in [0.1, 0.15) is 22.5 Å². The number of carbonyl (C=O) groups is 3. The zero-order chi connectivity index (χ0) is 25.5. The van der Waals surface area contributed by atoms with E-state index >= 15 is 0 Å². The molecular weight excluding hydrogens is 477 g/mol. The molecule has 1 atom stereocenters. The highest BCUT2D eigenvalue weighted by atomic mass is 32.1. The highest BCUT2D eigenvalue weighted by molar-refractivity contribution is 7.09. The van der Waals surface area contributed by atoms with E-state index < -0.39 is 29.6 Å². The van der Waals surface area contributed by atoms with Crippen molar-refractivity contribution in [1.82, 2.24) is 9.69 Å². The Bertz CT molecular complexity index is 1220. The first kappa shape index (κ1) is 25.6. The molecule has 2 aromatic carbocycles. The van der Waals surface area contributed by atoms with Gasteiger partial charge in [0.15, 0.2) is 5.69 Å². The molecular formula is C23H24FN5O5S. The number of rotatable bonds is 10. The standard InChI is InChI=1S/C23H24FN5O5S/c1-33-11-10-27-22(31)19(13-6-8-16(34-2)9-7-13)29(15-5-3-4-14(24)12-15)23(32)20-17(25)18(21(26)30)28-35-20/h3-9,12,19H,10-11,25H2,1-2H3,(H2,26,30)(H,27,31)/t19-/m0/s1. The number of halogens is 1. The van der Waals surface area contributed by atoms with Gasteiger partial charge in [-0.25, -0.2) is 4.39 Å². The summed E-state index contributed by atoms with van der Waals surface area (Å²) < 4.78 is 28.3. The van der Waals surface area contributed by atoms with Crippen LogP contribution in [0, 0.1) is 5.82 Å². The maximum Gasteiger partial charge on any atom is 0.273 e. The molecule has 1 aromatic heterocycles. The van der Waals surface area contributed by atoms with Crippen LogP contribution in [0.5, 0.6) is 5.75 Å². The Morgan fingerprint density at radius 2 is 1.89 bits per heavy atom. The van der Waals surface area contributed by atoms with E-state index in [4.69, 9.17) is 20.9 Å². The lowest BCUT2D eigenvalue weighted by molar-refractivity contribution is -0.122. The lowest BCUT2D eigenvalue weighted by atomic mass is 10.0. The molecule has 35 heavy (non-hydrogen) atoms. The van der Waals surface area contributed by atoms with Crippen LogP contribution in [0.2, 0.25) is 0 Å². The molecule has 10 nitrogen and oxygen atoms in total. The van der Waals surface area contributed by atoms with Crippen LogP contribution in [0.15, 0.2) is 48.5 Å². The summed E-state index contributed by atoms with van der Waals surface area (Å²) >= 11 is 0.659. The quantitative estimate of drug-likeness (QED) is 0.360. The smallest absolute Gasteiger partial charge is 0.273 e. The molecule has 0 saturated heterocycles. The molecule has 0 fully saturated rings. The summed E-state index contributed by atoms with van der Waals surface area (Å²) in [4.78, 5) is 39.8. The van der Waals surface area contributed by atoms with Gasteiger partial charge in [0.25, 0.3) is 11.8 Å². The molecule has 1 heterocycles. The zero-order valence-electron chi connectivity index (χ0n) is 19.0. The molecule has 0 saturated carbocycles. The average Bonchev–Trinajstić information content (AvgIpc) is 3.23. The number of anilines is 2. The number of nitrogens with zero attached hydrogens (tertiary/aromatic N) is 2. The minimum Gasteiger partial charge on any atom is -0.497 e. The first-order valence-corrected chi connectivity index (χ1v) is 11.1. The van der Waals surface area contributed by atoms with Crippen molar-refractivity contribution < 1.29 is 28.2 Å². The Morgan fingerprint density at radius 1 is 1.17 bits per heavy atom. The third-order valence-electron chi connectivity index (χ3n) is 5.00. The number of aromatic nitrogens is 1. The summed E-state index contributed by atoms with van der Waals surface area (Å²) in [5.41, 5.74) is 11.3. The van der Waals surface area contributed by atoms with Crippen LogP contribution in [0.1, 0.15) is 31.8 Å². The van der Waals surface area contributed by atoms with E-state index in [1.807, 2.05) is 0 Å². The maximum absolute atomic E-state index is 14.2. The maximum atomic E-state index is 14.2. The Hall–Kier alpha value is -4.03. The van der Waals surface area contributed by atoms with Crippen LogP contribution in [-0.4, -0.2) is 49.5 Å². The predicted molar refractivity (Wildman–Crippen MR) is 129 cm³/mol. The number of hydrogen-bond donors (Lipinski definition) is 3. The molecule has 3 amide bonds. The number of nitrogens with two attached hydrogens (primary N) is 2. The third-order valence-corrected chi connectivity index (χ3v) is 5.86. The van der Waals surface area contributed by atoms with E-state index in [-0.39, 0.29) is 35.1 Å². The van der Waals surface area contributed by atoms with Crippen molar-refractivity contribution in [3.63, 3.8) is 0 Å². The van der Waals surface area contributed by atoms with Gasteiger partial charge in [-0.2, -0.15) is 4.37 Å². The summed E-state index contributed by atoms with van der Waals surface area (Å²) in [7, 11) is 2.98. The van der Waals surface area contributed by atoms with Crippen LogP contribution >= 0.6 is 11.5 Å². The highest BCUT2D eigenvalue weighted by Crippen LogP contribution is 2.34. The Morgan fingerprint density at radius 3 is 2.46 bits per heavy atom. The van der Waals surface area contributed by atoms with E-state index in [9.17, 15) is 18.8 Å². The predicted octanol–water partition coefficient (Wildman–Crippen LogP) is 2.12. The second-order valence-electron chi connectivity index (χ2n) is 7.25. The molecule has 0 spiro atoms. The molecule has 12 heteroatoms. The van der Waals surface area contributed by atoms with Crippen LogP contribution in [-0.2, 0) is 9.53 Å². The van der Waals surface area contributed by atoms with Gasteiger partial charge in [-0.15, -0.1) is 0 Å². The fraction of sp³-hybridized carbons (Fsp3) is 0.217. The third kappa shape index (κ3) is 5.73. The summed E-state index contributed by atoms with van der Waals surface area (Å²) in [5, 5.41) is 2.72. The van der Waals surface area contributed by atoms with Gasteiger partial charge in [-0.3, -0.25) is 19.3 Å². The lowest BCUT2D eigenvalue weighted by Gasteiger charge is -2.31. The number of carbonyl (C=O) groups excluding carboxylic acids is 3. The van der Waals surface area contributed by atoms with Gasteiger partial charge in [-0.05, 0) is 47.4 Å². The number of primary amides is 1. The molecule has 3 aromatic rings. The lowest BCUT2D eigenvalue weighted by Crippen LogP contribution is -2.44. The van der Waals surface area contributed by atoms with Crippen molar-refractivity contribution >= 4 is 40.6 Å². The van der Waals surface area contributed by atoms with Crippen LogP contribution < -0.4 is 26.4 Å². The average molecular weight is 502 g/mol. The second kappa shape index (κ2) is 11.4. The molecule has 5 N–H and O–H groups in total. The van der Waals surface area contributed by atoms with Crippen molar-refractivity contribution in [2.45, 2.75) is 6.04 Å². The number of methoxy groups -OCH3 is 2. The first-order valence-electron chi connectivity index (χ1n) is 10.3. The summed E-state index contributed by atoms with van der Waals surface area (Å²) in [6.07, 6.45) is 0. The number of ether oxygens (including phenoxy) is 2. The Labute approximate surface area is 204 Å². The van der Waals surface area contributed by atoms with Crippen LogP contribution in [0.25, 0.3) is 0 Å². The van der Waals surface area contributed by atoms with E-state index in [0.29, 0.717) is 22.8 Å². The van der Waals surface area contributed by atoms with Crippen molar-refractivity contribution in [2.24, 2.45) is 5.73 Å². The summed E-state index contributed by atoms with van der Waals surface area (Å²) in [5.74, 6) is -2.31. The minimum atomic E-state index is -1.24. The Kier molecular flexibility index (Phi) is 8.34. The van der Waals surface area contributed by atoms with Gasteiger partial charge >= 0.3 is 0 Å². The fourth-order valence-corrected chi connectivity index (χ4v) is 4.07. The van der Waals surface area contributed by atoms with Gasteiger partial charge < -0.3 is 26.3 Å². The normalized spacial score (nSPS) is 11.5. The van der Waals surface area contributed by atoms with Crippen LogP contribution in [0.4, 0.5) is 15.8 Å². The summed E-state index contributed by atoms with van der Waals surface area (Å²) in [6.45, 7) is 0.403. The van der Waals surface area contributed by atoms with E-state index in [2.05, 4.69) is 9.69 Å². The van der Waals surface area contributed by atoms with E-state index in [1.165, 1.54) is 32.4 Å². The largest absolute Gasteiger partial charge is 0.497 e. The van der Waals surface area contributed by atoms with E-state index in [0.717, 1.165) is 11.0 Å². The molecule has 0 radical (unpaired) electrons. The number of nitrogen functional groups attached to an aromatic ring is 1. The molecule has 184 valence electrons. The molecule has 0 unspecified atom stereocenters. The minimum absolute atomic E-state index is 0.0890. The molecule has 0 aliphatic heterocycles. The SMILES string of the molecule is COCCNC(=O)[C@H](c1ccc(OC)cc1)N(C(=O)c1snc(C(N)=O)c1N)c1cccc(F)c1. The zero-order valence-corrected chi connectivity index (χ0v) is 19.8. The van der Waals surface area contributed by atoms with Crippen molar-refractivity contribution in [3.8, 4) is 5.75 Å². The number of amides is 3. The van der Waals surface area contributed by atoms with Gasteiger partial charge in [-0.1, -0.05) is 18.2 Å². The molecule has 0 aliphatic rings. The van der Waals surface area contributed by atoms with Gasteiger partial charge in [0, 0.05) is 19.3 Å². The first-order chi connectivity index (χ1) is 16.8. The topological polar surface area (TPSA) is 150 Å². The van der Waals surface area contributed by atoms with Gasteiger partial charge in [0.2, 0.25) is 5.91 Å². The van der Waals surface area contributed by atoms with E-state index in [1.54, 1.807) is 24.3 Å². The second-order valence-corrected chi connectivity index (χ2v) is 8.03. The summed E-state index contributed by atoms with van der Waals surface area (Å²) in [6, 6.07) is 10.5. The molecule has 0 aliphatic carbocycles. The van der Waals surface area contributed by atoms with Crippen molar-refractivity contribution in [1.29, 1.82) is 0 Å². The van der Waals surface area contributed by atoms with Crippen molar-refractivity contribution in [2.75, 3.05) is 38.0 Å². The monoisotopic (exact) mass is 501 g/mol. The fourth-order valence-electron chi connectivity index (χ4n) is 3.32. The number of benzene rings is 2. The van der Waals surface area contributed by atoms with Crippen molar-refractivity contribution in [3.05, 3.63) is 70.5 Å². The highest BCUT2D eigenvalue weighted by Gasteiger charge is 2.36. The number of hydrogen-bond acceptors (Lipinski definition) is 8. The molecule has 3 rings (SSSR count). The van der Waals surface area contributed by atoms with Gasteiger partial charge in [0.05, 0.1) is 19.4 Å².